The van der Waals surface area contributed by atoms with Crippen molar-refractivity contribution < 1.29 is 27.5 Å². The van der Waals surface area contributed by atoms with Gasteiger partial charge in [0.15, 0.2) is 0 Å². The van der Waals surface area contributed by atoms with Crippen molar-refractivity contribution in [2.45, 2.75) is 74.0 Å². The lowest BCUT2D eigenvalue weighted by Gasteiger charge is -2.20. The second-order valence-corrected chi connectivity index (χ2v) is 13.6. The van der Waals surface area contributed by atoms with Crippen LogP contribution in [0.2, 0.25) is 0 Å². The first-order valence-corrected chi connectivity index (χ1v) is 15.2. The molecule has 37 heavy (non-hydrogen) atoms. The second kappa shape index (κ2) is 9.90. The molecule has 7 heteroatoms. The number of ether oxygens (including phenoxy) is 2. The van der Waals surface area contributed by atoms with E-state index >= 15 is 0 Å². The van der Waals surface area contributed by atoms with E-state index in [1.54, 1.807) is 0 Å². The molecule has 6 atom stereocenters. The molecule has 0 N–H and O–H groups in total. The Labute approximate surface area is 218 Å². The third-order valence-corrected chi connectivity index (χ3v) is 11.1. The summed E-state index contributed by atoms with van der Waals surface area (Å²) in [7, 11) is -3.76. The first kappa shape index (κ1) is 24.7. The number of esters is 2. The van der Waals surface area contributed by atoms with Gasteiger partial charge in [0.25, 0.3) is 0 Å². The van der Waals surface area contributed by atoms with E-state index in [0.717, 1.165) is 24.7 Å². The van der Waals surface area contributed by atoms with Crippen LogP contribution in [-0.4, -0.2) is 20.4 Å². The van der Waals surface area contributed by atoms with Crippen LogP contribution in [-0.2, 0) is 19.4 Å². The SMILES string of the molecule is O=C(CC1CC2CCC1C2)Oc1ccc(S(=O)(=O)c2ccc(OC(=O)CC3CC4CCC3C4)cc2)cc1. The normalized spacial score (nSPS) is 29.9. The molecule has 0 aromatic heterocycles. The number of fused-ring (bicyclic) bond motifs is 4. The zero-order valence-electron chi connectivity index (χ0n) is 21.0. The van der Waals surface area contributed by atoms with E-state index in [4.69, 9.17) is 9.47 Å². The monoisotopic (exact) mass is 522 g/mol. The largest absolute Gasteiger partial charge is 0.427 e. The van der Waals surface area contributed by atoms with E-state index < -0.39 is 9.84 Å². The summed E-state index contributed by atoms with van der Waals surface area (Å²) in [6.07, 6.45) is 10.6. The summed E-state index contributed by atoms with van der Waals surface area (Å²) in [5.74, 6) is 3.91. The molecule has 0 aliphatic heterocycles. The molecule has 0 radical (unpaired) electrons. The Morgan fingerprint density at radius 3 is 1.35 bits per heavy atom. The fourth-order valence-corrected chi connectivity index (χ4v) is 8.80. The Hall–Kier alpha value is -2.67. The molecule has 0 heterocycles. The number of sulfone groups is 1. The predicted molar refractivity (Wildman–Crippen MR) is 137 cm³/mol. The van der Waals surface area contributed by atoms with Crippen LogP contribution in [0, 0.1) is 35.5 Å². The van der Waals surface area contributed by atoms with Crippen molar-refractivity contribution in [1.29, 1.82) is 0 Å². The molecule has 0 spiro atoms. The summed E-state index contributed by atoms with van der Waals surface area (Å²) in [6, 6.07) is 11.9. The smallest absolute Gasteiger partial charge is 0.311 e. The van der Waals surface area contributed by atoms with E-state index in [1.165, 1.54) is 87.1 Å². The summed E-state index contributed by atoms with van der Waals surface area (Å²) in [5.41, 5.74) is 0. The first-order valence-electron chi connectivity index (χ1n) is 13.7. The van der Waals surface area contributed by atoms with Gasteiger partial charge in [-0.15, -0.1) is 0 Å². The fraction of sp³-hybridized carbons (Fsp3) is 0.533. The lowest BCUT2D eigenvalue weighted by Crippen LogP contribution is -2.18. The zero-order valence-corrected chi connectivity index (χ0v) is 21.8. The van der Waals surface area contributed by atoms with Gasteiger partial charge >= 0.3 is 11.9 Å². The van der Waals surface area contributed by atoms with Crippen molar-refractivity contribution in [3.05, 3.63) is 48.5 Å². The number of hydrogen-bond donors (Lipinski definition) is 0. The van der Waals surface area contributed by atoms with Crippen molar-refractivity contribution in [3.8, 4) is 11.5 Å². The zero-order chi connectivity index (χ0) is 25.6. The number of carbonyl (C=O) groups is 2. The van der Waals surface area contributed by atoms with E-state index in [2.05, 4.69) is 0 Å². The first-order chi connectivity index (χ1) is 17.8. The fourth-order valence-electron chi connectivity index (χ4n) is 7.54. The molecule has 196 valence electrons. The Morgan fingerprint density at radius 2 is 1.03 bits per heavy atom. The molecule has 6 unspecified atom stereocenters. The molecule has 2 aromatic carbocycles. The Morgan fingerprint density at radius 1 is 0.622 bits per heavy atom. The van der Waals surface area contributed by atoms with Crippen molar-refractivity contribution in [2.24, 2.45) is 35.5 Å². The minimum Gasteiger partial charge on any atom is -0.427 e. The minimum absolute atomic E-state index is 0.112. The average molecular weight is 523 g/mol. The number of hydrogen-bond acceptors (Lipinski definition) is 6. The van der Waals surface area contributed by atoms with Crippen molar-refractivity contribution in [3.63, 3.8) is 0 Å². The lowest BCUT2D eigenvalue weighted by atomic mass is 9.86. The van der Waals surface area contributed by atoms with Gasteiger partial charge in [-0.3, -0.25) is 9.59 Å². The molecule has 0 amide bonds. The van der Waals surface area contributed by atoms with Crippen molar-refractivity contribution in [1.82, 2.24) is 0 Å². The summed E-state index contributed by atoms with van der Waals surface area (Å²) in [5, 5.41) is 0. The van der Waals surface area contributed by atoms with E-state index in [9.17, 15) is 18.0 Å². The minimum atomic E-state index is -3.76. The molecule has 4 aliphatic rings. The number of carbonyl (C=O) groups excluding carboxylic acids is 2. The van der Waals surface area contributed by atoms with Crippen LogP contribution < -0.4 is 9.47 Å². The van der Waals surface area contributed by atoms with Crippen molar-refractivity contribution in [2.75, 3.05) is 0 Å². The molecule has 6 nitrogen and oxygen atoms in total. The topological polar surface area (TPSA) is 86.7 Å². The van der Waals surface area contributed by atoms with Gasteiger partial charge < -0.3 is 9.47 Å². The highest BCUT2D eigenvalue weighted by molar-refractivity contribution is 7.91. The Bertz CT molecular complexity index is 1170. The highest BCUT2D eigenvalue weighted by Crippen LogP contribution is 2.50. The molecule has 4 saturated carbocycles. The van der Waals surface area contributed by atoms with Crippen LogP contribution in [0.4, 0.5) is 0 Å². The van der Waals surface area contributed by atoms with E-state index in [1.807, 2.05) is 0 Å². The highest BCUT2D eigenvalue weighted by atomic mass is 32.2. The van der Waals surface area contributed by atoms with Gasteiger partial charge in [0.05, 0.1) is 9.79 Å². The third-order valence-electron chi connectivity index (χ3n) is 9.36. The molecule has 0 saturated heterocycles. The average Bonchev–Trinajstić information content (AvgIpc) is 3.67. The highest BCUT2D eigenvalue weighted by Gasteiger charge is 2.41. The quantitative estimate of drug-likeness (QED) is 0.313. The lowest BCUT2D eigenvalue weighted by molar-refractivity contribution is -0.136. The van der Waals surface area contributed by atoms with E-state index in [0.29, 0.717) is 48.0 Å². The van der Waals surface area contributed by atoms with Gasteiger partial charge in [0, 0.05) is 12.8 Å². The summed E-state index contributed by atoms with van der Waals surface area (Å²) in [6.45, 7) is 0. The molecule has 6 rings (SSSR count). The van der Waals surface area contributed by atoms with Crippen LogP contribution in [0.1, 0.15) is 64.2 Å². The standard InChI is InChI=1S/C30H34O6S/c31-29(17-23-15-19-1-3-21(23)13-19)35-25-5-9-27(10-6-25)37(33,34)28-11-7-26(8-12-28)36-30(32)18-24-16-20-2-4-22(24)14-20/h5-12,19-24H,1-4,13-18H2. The van der Waals surface area contributed by atoms with Gasteiger partial charge in [-0.25, -0.2) is 8.42 Å². The van der Waals surface area contributed by atoms with Gasteiger partial charge in [-0.05, 0) is 123 Å². The van der Waals surface area contributed by atoms with Crippen LogP contribution in [0.25, 0.3) is 0 Å². The third kappa shape index (κ3) is 5.20. The summed E-state index contributed by atoms with van der Waals surface area (Å²) < 4.78 is 37.2. The van der Waals surface area contributed by atoms with Gasteiger partial charge in [0.2, 0.25) is 9.84 Å². The summed E-state index contributed by atoms with van der Waals surface area (Å²) >= 11 is 0. The van der Waals surface area contributed by atoms with Crippen LogP contribution in [0.3, 0.4) is 0 Å². The maximum Gasteiger partial charge on any atom is 0.311 e. The van der Waals surface area contributed by atoms with Crippen molar-refractivity contribution >= 4 is 21.8 Å². The summed E-state index contributed by atoms with van der Waals surface area (Å²) in [4.78, 5) is 25.0. The van der Waals surface area contributed by atoms with Gasteiger partial charge in [0.1, 0.15) is 11.5 Å². The molecule has 4 fully saturated rings. The Kier molecular flexibility index (Phi) is 6.59. The van der Waals surface area contributed by atoms with Gasteiger partial charge in [-0.1, -0.05) is 12.8 Å². The Balaban J connectivity index is 1.03. The van der Waals surface area contributed by atoms with Gasteiger partial charge in [-0.2, -0.15) is 0 Å². The molecule has 4 aliphatic carbocycles. The predicted octanol–water partition coefficient (Wildman–Crippen LogP) is 5.98. The number of benzene rings is 2. The molecule has 2 aromatic rings. The number of rotatable bonds is 8. The molecule has 4 bridgehead atoms. The van der Waals surface area contributed by atoms with Crippen LogP contribution in [0.15, 0.2) is 58.3 Å². The van der Waals surface area contributed by atoms with Crippen LogP contribution >= 0.6 is 0 Å². The second-order valence-electron chi connectivity index (χ2n) is 11.7. The maximum atomic E-state index is 13.1. The molecular weight excluding hydrogens is 488 g/mol. The molecular formula is C30H34O6S. The van der Waals surface area contributed by atoms with E-state index in [-0.39, 0.29) is 21.7 Å². The van der Waals surface area contributed by atoms with Crippen LogP contribution in [0.5, 0.6) is 11.5 Å². The maximum absolute atomic E-state index is 13.1.